The molecule has 2 aromatic carbocycles. The molecule has 1 unspecified atom stereocenters. The minimum Gasteiger partial charge on any atom is -0.497 e. The van der Waals surface area contributed by atoms with Gasteiger partial charge in [-0.25, -0.2) is 4.68 Å². The topological polar surface area (TPSA) is 76.5 Å². The average molecular weight is 418 g/mol. The number of aromatic nitrogens is 2. The Morgan fingerprint density at radius 2 is 2.00 bits per heavy atom. The second-order valence-corrected chi connectivity index (χ2v) is 7.70. The number of carbonyl (C=O) groups is 1. The summed E-state index contributed by atoms with van der Waals surface area (Å²) < 4.78 is 6.67. The van der Waals surface area contributed by atoms with E-state index in [0.29, 0.717) is 24.5 Å². The molecule has 2 heterocycles. The van der Waals surface area contributed by atoms with E-state index >= 15 is 0 Å². The summed E-state index contributed by atoms with van der Waals surface area (Å²) in [7, 11) is 1.60. The predicted octanol–water partition coefficient (Wildman–Crippen LogP) is 3.16. The van der Waals surface area contributed by atoms with Gasteiger partial charge >= 0.3 is 0 Å². The molecule has 4 rings (SSSR count). The van der Waals surface area contributed by atoms with Gasteiger partial charge in [0.2, 0.25) is 5.91 Å². The monoisotopic (exact) mass is 418 g/mol. The molecule has 1 aromatic heterocycles. The fourth-order valence-corrected chi connectivity index (χ4v) is 3.84. The number of hydrogen-bond acceptors (Lipinski definition) is 5. The van der Waals surface area contributed by atoms with E-state index in [0.717, 1.165) is 30.6 Å². The lowest BCUT2D eigenvalue weighted by molar-refractivity contribution is -0.120. The zero-order chi connectivity index (χ0) is 21.6. The van der Waals surface area contributed by atoms with E-state index in [1.165, 1.54) is 4.68 Å². The predicted molar refractivity (Wildman–Crippen MR) is 121 cm³/mol. The highest BCUT2D eigenvalue weighted by atomic mass is 16.5. The third-order valence-electron chi connectivity index (χ3n) is 5.52. The second kappa shape index (κ2) is 9.47. The van der Waals surface area contributed by atoms with Crippen molar-refractivity contribution in [2.45, 2.75) is 19.4 Å². The molecule has 3 aromatic rings. The number of nitrogens with zero attached hydrogens (tertiary/aromatic N) is 3. The van der Waals surface area contributed by atoms with E-state index in [1.807, 2.05) is 48.5 Å². The summed E-state index contributed by atoms with van der Waals surface area (Å²) in [6.45, 7) is 1.79. The standard InChI is InChI=1S/C24H26N4O3/c1-31-22-11-5-10-20(13-22)26-24(30)19-9-6-12-27(17-19)21-14-23(29)28(25-15-21)16-18-7-3-2-4-8-18/h2-5,7-8,10-11,13-15,19H,6,9,12,16-17H2,1H3,(H,26,30). The van der Waals surface area contributed by atoms with Crippen molar-refractivity contribution in [2.75, 3.05) is 30.4 Å². The summed E-state index contributed by atoms with van der Waals surface area (Å²) in [5.74, 6) is 0.514. The van der Waals surface area contributed by atoms with Gasteiger partial charge in [0.05, 0.1) is 31.5 Å². The van der Waals surface area contributed by atoms with Crippen LogP contribution in [0.4, 0.5) is 11.4 Å². The molecular weight excluding hydrogens is 392 g/mol. The normalized spacial score (nSPS) is 16.0. The number of benzene rings is 2. The Kier molecular flexibility index (Phi) is 6.31. The van der Waals surface area contributed by atoms with Crippen molar-refractivity contribution in [2.24, 2.45) is 5.92 Å². The van der Waals surface area contributed by atoms with E-state index in [9.17, 15) is 9.59 Å². The van der Waals surface area contributed by atoms with Gasteiger partial charge in [0.15, 0.2) is 0 Å². The zero-order valence-corrected chi connectivity index (χ0v) is 17.5. The number of nitrogens with one attached hydrogen (secondary N) is 1. The van der Waals surface area contributed by atoms with E-state index in [1.54, 1.807) is 25.4 Å². The van der Waals surface area contributed by atoms with Crippen LogP contribution in [0.2, 0.25) is 0 Å². The fraction of sp³-hybridized carbons (Fsp3) is 0.292. The number of carbonyl (C=O) groups excluding carboxylic acids is 1. The molecule has 0 radical (unpaired) electrons. The minimum absolute atomic E-state index is 0.0247. The summed E-state index contributed by atoms with van der Waals surface area (Å²) in [6, 6.07) is 18.7. The van der Waals surface area contributed by atoms with Gasteiger partial charge in [-0.15, -0.1) is 0 Å². The molecule has 0 saturated carbocycles. The van der Waals surface area contributed by atoms with Crippen molar-refractivity contribution in [3.63, 3.8) is 0 Å². The van der Waals surface area contributed by atoms with Gasteiger partial charge in [0.1, 0.15) is 5.75 Å². The Morgan fingerprint density at radius 1 is 1.16 bits per heavy atom. The highest BCUT2D eigenvalue weighted by molar-refractivity contribution is 5.93. The third kappa shape index (κ3) is 5.12. The Labute approximate surface area is 181 Å². The van der Waals surface area contributed by atoms with E-state index < -0.39 is 0 Å². The Bertz CT molecular complexity index is 1100. The molecule has 1 fully saturated rings. The summed E-state index contributed by atoms with van der Waals surface area (Å²) in [4.78, 5) is 27.5. The van der Waals surface area contributed by atoms with Crippen LogP contribution in [-0.2, 0) is 11.3 Å². The molecule has 0 aliphatic carbocycles. The molecule has 1 N–H and O–H groups in total. The van der Waals surface area contributed by atoms with Crippen molar-refractivity contribution < 1.29 is 9.53 Å². The molecule has 1 saturated heterocycles. The van der Waals surface area contributed by atoms with Crippen LogP contribution < -0.4 is 20.5 Å². The van der Waals surface area contributed by atoms with Crippen molar-refractivity contribution in [3.05, 3.63) is 82.8 Å². The maximum absolute atomic E-state index is 12.8. The lowest BCUT2D eigenvalue weighted by atomic mass is 9.96. The van der Waals surface area contributed by atoms with E-state index in [-0.39, 0.29) is 17.4 Å². The molecule has 1 atom stereocenters. The smallest absolute Gasteiger partial charge is 0.269 e. The van der Waals surface area contributed by atoms with E-state index in [4.69, 9.17) is 4.74 Å². The molecule has 7 nitrogen and oxygen atoms in total. The summed E-state index contributed by atoms with van der Waals surface area (Å²) in [5.41, 5.74) is 2.35. The molecule has 1 aliphatic rings. The number of anilines is 2. The molecule has 1 amide bonds. The first-order chi connectivity index (χ1) is 15.1. The van der Waals surface area contributed by atoms with Crippen LogP contribution in [0, 0.1) is 5.92 Å². The van der Waals surface area contributed by atoms with Crippen LogP contribution in [0.5, 0.6) is 5.75 Å². The van der Waals surface area contributed by atoms with Gasteiger partial charge in [0, 0.05) is 30.9 Å². The van der Waals surface area contributed by atoms with Crippen LogP contribution in [0.3, 0.4) is 0 Å². The minimum atomic E-state index is -0.160. The highest BCUT2D eigenvalue weighted by Crippen LogP contribution is 2.24. The maximum Gasteiger partial charge on any atom is 0.269 e. The number of amides is 1. The third-order valence-corrected chi connectivity index (χ3v) is 5.52. The first-order valence-corrected chi connectivity index (χ1v) is 10.4. The van der Waals surface area contributed by atoms with Crippen LogP contribution in [-0.4, -0.2) is 35.9 Å². The number of ether oxygens (including phenoxy) is 1. The molecule has 0 bridgehead atoms. The first-order valence-electron chi connectivity index (χ1n) is 10.4. The van der Waals surface area contributed by atoms with Gasteiger partial charge in [-0.05, 0) is 30.5 Å². The van der Waals surface area contributed by atoms with Crippen molar-refractivity contribution in [3.8, 4) is 5.75 Å². The van der Waals surface area contributed by atoms with Crippen LogP contribution >= 0.6 is 0 Å². The zero-order valence-electron chi connectivity index (χ0n) is 17.5. The SMILES string of the molecule is COc1cccc(NC(=O)C2CCCN(c3cnn(Cc4ccccc4)c(=O)c3)C2)c1. The van der Waals surface area contributed by atoms with Crippen molar-refractivity contribution in [1.82, 2.24) is 9.78 Å². The molecule has 0 spiro atoms. The van der Waals surface area contributed by atoms with Crippen LogP contribution in [0.1, 0.15) is 18.4 Å². The Hall–Kier alpha value is -3.61. The molecule has 7 heteroatoms. The largest absolute Gasteiger partial charge is 0.497 e. The van der Waals surface area contributed by atoms with Crippen molar-refractivity contribution >= 4 is 17.3 Å². The fourth-order valence-electron chi connectivity index (χ4n) is 3.84. The highest BCUT2D eigenvalue weighted by Gasteiger charge is 2.26. The van der Waals surface area contributed by atoms with Gasteiger partial charge in [-0.1, -0.05) is 36.4 Å². The van der Waals surface area contributed by atoms with Gasteiger partial charge in [-0.2, -0.15) is 5.10 Å². The quantitative estimate of drug-likeness (QED) is 0.666. The lowest BCUT2D eigenvalue weighted by Gasteiger charge is -2.33. The van der Waals surface area contributed by atoms with Crippen LogP contribution in [0.15, 0.2) is 71.7 Å². The van der Waals surface area contributed by atoms with Gasteiger partial charge in [0.25, 0.3) is 5.56 Å². The Morgan fingerprint density at radius 3 is 2.77 bits per heavy atom. The summed E-state index contributed by atoms with van der Waals surface area (Å²) in [5, 5.41) is 7.33. The molecule has 31 heavy (non-hydrogen) atoms. The molecular formula is C24H26N4O3. The van der Waals surface area contributed by atoms with Crippen molar-refractivity contribution in [1.29, 1.82) is 0 Å². The lowest BCUT2D eigenvalue weighted by Crippen LogP contribution is -2.41. The van der Waals surface area contributed by atoms with Gasteiger partial charge in [-0.3, -0.25) is 9.59 Å². The van der Waals surface area contributed by atoms with Gasteiger partial charge < -0.3 is 15.0 Å². The number of hydrogen-bond donors (Lipinski definition) is 1. The van der Waals surface area contributed by atoms with Crippen LogP contribution in [0.25, 0.3) is 0 Å². The molecule has 160 valence electrons. The second-order valence-electron chi connectivity index (χ2n) is 7.70. The number of piperidine rings is 1. The summed E-state index contributed by atoms with van der Waals surface area (Å²) in [6.07, 6.45) is 3.40. The summed E-state index contributed by atoms with van der Waals surface area (Å²) >= 11 is 0. The molecule has 1 aliphatic heterocycles. The maximum atomic E-state index is 12.8. The average Bonchev–Trinajstić information content (AvgIpc) is 2.81. The number of methoxy groups -OCH3 is 1. The number of rotatable bonds is 6. The Balaban J connectivity index is 1.42. The first kappa shape index (κ1) is 20.7. The van der Waals surface area contributed by atoms with E-state index in [2.05, 4.69) is 15.3 Å².